The van der Waals surface area contributed by atoms with Crippen LogP contribution in [0.1, 0.15) is 55.6 Å². The summed E-state index contributed by atoms with van der Waals surface area (Å²) in [6, 6.07) is 8.61. The summed E-state index contributed by atoms with van der Waals surface area (Å²) in [5.41, 5.74) is 5.74. The van der Waals surface area contributed by atoms with Crippen LogP contribution in [-0.2, 0) is 6.42 Å². The molecule has 0 amide bonds. The standard InChI is InChI=1S/C24H31N5O/c1-17(2)29-22-10-13-28(18(3)21(22)16-25-29)15-14-27-11-8-19(9-12-27)24-20-6-4-5-7-23(20)30-26-24/h4-7,16-17,19H,3,8-15H2,1-2H3. The zero-order valence-electron chi connectivity index (χ0n) is 18.0. The SMILES string of the molecule is C=C1c2cnn(C(C)C)c2CCN1CCN1CCC(c2noc3ccccc23)CC1. The first-order valence-electron chi connectivity index (χ1n) is 11.2. The van der Waals surface area contributed by atoms with E-state index >= 15 is 0 Å². The summed E-state index contributed by atoms with van der Waals surface area (Å²) < 4.78 is 7.68. The lowest BCUT2D eigenvalue weighted by molar-refractivity contribution is 0.191. The molecule has 1 fully saturated rings. The van der Waals surface area contributed by atoms with Crippen LogP contribution in [0.4, 0.5) is 0 Å². The Hall–Kier alpha value is -2.60. The van der Waals surface area contributed by atoms with Crippen molar-refractivity contribution in [3.63, 3.8) is 0 Å². The van der Waals surface area contributed by atoms with Gasteiger partial charge in [-0.25, -0.2) is 0 Å². The second kappa shape index (κ2) is 7.91. The number of aromatic nitrogens is 3. The Kier molecular flexibility index (Phi) is 5.11. The Morgan fingerprint density at radius 1 is 1.13 bits per heavy atom. The monoisotopic (exact) mass is 405 g/mol. The third-order valence-electron chi connectivity index (χ3n) is 6.76. The maximum atomic E-state index is 5.53. The molecule has 1 saturated heterocycles. The first kappa shape index (κ1) is 19.4. The largest absolute Gasteiger partial charge is 0.370 e. The van der Waals surface area contributed by atoms with Crippen molar-refractivity contribution in [2.24, 2.45) is 0 Å². The van der Waals surface area contributed by atoms with Crippen LogP contribution >= 0.6 is 0 Å². The lowest BCUT2D eigenvalue weighted by atomic mass is 9.91. The molecule has 0 saturated carbocycles. The van der Waals surface area contributed by atoms with Gasteiger partial charge >= 0.3 is 0 Å². The molecular formula is C24H31N5O. The van der Waals surface area contributed by atoms with Gasteiger partial charge < -0.3 is 14.3 Å². The van der Waals surface area contributed by atoms with E-state index in [1.807, 2.05) is 18.3 Å². The zero-order valence-corrected chi connectivity index (χ0v) is 18.0. The van der Waals surface area contributed by atoms with E-state index < -0.39 is 0 Å². The number of nitrogens with zero attached hydrogens (tertiary/aromatic N) is 5. The first-order valence-corrected chi connectivity index (χ1v) is 11.2. The molecule has 0 aliphatic carbocycles. The normalized spacial score (nSPS) is 18.5. The van der Waals surface area contributed by atoms with Crippen molar-refractivity contribution in [3.05, 3.63) is 54.0 Å². The molecule has 30 heavy (non-hydrogen) atoms. The molecule has 6 nitrogen and oxygen atoms in total. The number of hydrogen-bond acceptors (Lipinski definition) is 5. The Balaban J connectivity index is 1.16. The number of hydrogen-bond donors (Lipinski definition) is 0. The summed E-state index contributed by atoms with van der Waals surface area (Å²) in [6.45, 7) is 14.1. The van der Waals surface area contributed by atoms with E-state index in [1.165, 1.54) is 16.6 Å². The number of para-hydroxylation sites is 1. The molecule has 0 atom stereocenters. The van der Waals surface area contributed by atoms with Gasteiger partial charge in [0, 0.05) is 60.4 Å². The second-order valence-electron chi connectivity index (χ2n) is 8.91. The van der Waals surface area contributed by atoms with Gasteiger partial charge in [-0.1, -0.05) is 23.9 Å². The van der Waals surface area contributed by atoms with Crippen molar-refractivity contribution in [1.82, 2.24) is 24.7 Å². The van der Waals surface area contributed by atoms with E-state index in [1.54, 1.807) is 0 Å². The first-order chi connectivity index (χ1) is 14.6. The van der Waals surface area contributed by atoms with Crippen LogP contribution < -0.4 is 0 Å². The molecule has 1 aromatic carbocycles. The number of benzene rings is 1. The Morgan fingerprint density at radius 2 is 1.93 bits per heavy atom. The Bertz CT molecular complexity index is 1040. The molecule has 5 rings (SSSR count). The van der Waals surface area contributed by atoms with E-state index in [2.05, 4.69) is 57.3 Å². The van der Waals surface area contributed by atoms with Gasteiger partial charge in [-0.05, 0) is 51.9 Å². The highest BCUT2D eigenvalue weighted by atomic mass is 16.5. The molecule has 0 radical (unpaired) electrons. The predicted molar refractivity (Wildman–Crippen MR) is 119 cm³/mol. The number of rotatable bonds is 5. The molecule has 6 heteroatoms. The molecule has 2 aliphatic heterocycles. The summed E-state index contributed by atoms with van der Waals surface area (Å²) in [4.78, 5) is 5.02. The maximum Gasteiger partial charge on any atom is 0.167 e. The van der Waals surface area contributed by atoms with Crippen LogP contribution in [0.25, 0.3) is 16.7 Å². The number of likely N-dealkylation sites (tertiary alicyclic amines) is 1. The summed E-state index contributed by atoms with van der Waals surface area (Å²) in [5.74, 6) is 0.499. The molecule has 0 spiro atoms. The van der Waals surface area contributed by atoms with E-state index in [9.17, 15) is 0 Å². The van der Waals surface area contributed by atoms with E-state index in [-0.39, 0.29) is 0 Å². The van der Waals surface area contributed by atoms with Gasteiger partial charge in [-0.3, -0.25) is 4.68 Å². The predicted octanol–water partition coefficient (Wildman–Crippen LogP) is 4.31. The molecule has 4 heterocycles. The molecule has 0 bridgehead atoms. The summed E-state index contributed by atoms with van der Waals surface area (Å²) in [7, 11) is 0. The van der Waals surface area contributed by atoms with Gasteiger partial charge in [-0.15, -0.1) is 0 Å². The smallest absolute Gasteiger partial charge is 0.167 e. The molecular weight excluding hydrogens is 374 g/mol. The van der Waals surface area contributed by atoms with Crippen LogP contribution in [0.15, 0.2) is 41.6 Å². The minimum absolute atomic E-state index is 0.399. The third kappa shape index (κ3) is 3.43. The van der Waals surface area contributed by atoms with E-state index in [0.717, 1.165) is 69.0 Å². The maximum absolute atomic E-state index is 5.53. The van der Waals surface area contributed by atoms with Crippen LogP contribution in [0, 0.1) is 0 Å². The topological polar surface area (TPSA) is 50.3 Å². The minimum Gasteiger partial charge on any atom is -0.370 e. The van der Waals surface area contributed by atoms with Crippen LogP contribution in [0.5, 0.6) is 0 Å². The quantitative estimate of drug-likeness (QED) is 0.633. The van der Waals surface area contributed by atoms with Crippen molar-refractivity contribution >= 4 is 16.7 Å². The van der Waals surface area contributed by atoms with Gasteiger partial charge in [0.2, 0.25) is 0 Å². The van der Waals surface area contributed by atoms with Gasteiger partial charge in [0.1, 0.15) is 0 Å². The highest BCUT2D eigenvalue weighted by molar-refractivity contribution is 5.79. The van der Waals surface area contributed by atoms with Gasteiger partial charge in [0.25, 0.3) is 0 Å². The van der Waals surface area contributed by atoms with Crippen molar-refractivity contribution < 1.29 is 4.52 Å². The Labute approximate surface area is 178 Å². The second-order valence-corrected chi connectivity index (χ2v) is 8.91. The number of piperidine rings is 1. The van der Waals surface area contributed by atoms with Gasteiger partial charge in [-0.2, -0.15) is 5.10 Å². The fourth-order valence-corrected chi connectivity index (χ4v) is 5.01. The molecule has 158 valence electrons. The summed E-state index contributed by atoms with van der Waals surface area (Å²) in [6.07, 6.45) is 5.33. The van der Waals surface area contributed by atoms with Crippen molar-refractivity contribution in [3.8, 4) is 0 Å². The zero-order chi connectivity index (χ0) is 20.7. The molecule has 3 aromatic rings. The van der Waals surface area contributed by atoms with E-state index in [0.29, 0.717) is 12.0 Å². The molecule has 0 unspecified atom stereocenters. The lowest BCUT2D eigenvalue weighted by Crippen LogP contribution is -2.40. The lowest BCUT2D eigenvalue weighted by Gasteiger charge is -2.36. The highest BCUT2D eigenvalue weighted by Gasteiger charge is 2.27. The molecule has 2 aliphatic rings. The van der Waals surface area contributed by atoms with Crippen molar-refractivity contribution in [2.45, 2.75) is 45.1 Å². The summed E-state index contributed by atoms with van der Waals surface area (Å²) >= 11 is 0. The molecule has 2 aromatic heterocycles. The van der Waals surface area contributed by atoms with Gasteiger partial charge in [0.05, 0.1) is 11.9 Å². The molecule has 0 N–H and O–H groups in total. The van der Waals surface area contributed by atoms with Crippen LogP contribution in [-0.4, -0.2) is 57.5 Å². The number of fused-ring (bicyclic) bond motifs is 2. The fourth-order valence-electron chi connectivity index (χ4n) is 5.01. The minimum atomic E-state index is 0.399. The van der Waals surface area contributed by atoms with Crippen molar-refractivity contribution in [1.29, 1.82) is 0 Å². The Morgan fingerprint density at radius 3 is 2.73 bits per heavy atom. The highest BCUT2D eigenvalue weighted by Crippen LogP contribution is 2.33. The third-order valence-corrected chi connectivity index (χ3v) is 6.76. The van der Waals surface area contributed by atoms with Crippen molar-refractivity contribution in [2.75, 3.05) is 32.7 Å². The van der Waals surface area contributed by atoms with Crippen LogP contribution in [0.3, 0.4) is 0 Å². The van der Waals surface area contributed by atoms with Crippen LogP contribution in [0.2, 0.25) is 0 Å². The average molecular weight is 406 g/mol. The average Bonchev–Trinajstić information content (AvgIpc) is 3.39. The van der Waals surface area contributed by atoms with E-state index in [4.69, 9.17) is 4.52 Å². The fraction of sp³-hybridized carbons (Fsp3) is 0.500. The summed E-state index contributed by atoms with van der Waals surface area (Å²) in [5, 5.41) is 10.2. The van der Waals surface area contributed by atoms with Gasteiger partial charge in [0.15, 0.2) is 5.58 Å².